The fourth-order valence-electron chi connectivity index (χ4n) is 3.10. The minimum Gasteiger partial charge on any atom is -0.488 e. The molecule has 7 heteroatoms. The van der Waals surface area contributed by atoms with Crippen LogP contribution in [0.3, 0.4) is 0 Å². The SMILES string of the molecule is O=C(Nc1ccn[nH]1)C(=Cc1ccc(C(=O)O)cc1)COc1cccc2ccccc12. The Hall–Kier alpha value is -4.39. The summed E-state index contributed by atoms with van der Waals surface area (Å²) in [5.74, 6) is -0.235. The van der Waals surface area contributed by atoms with Gasteiger partial charge >= 0.3 is 5.97 Å². The Morgan fingerprint density at radius 3 is 2.52 bits per heavy atom. The van der Waals surface area contributed by atoms with Crippen LogP contribution in [-0.2, 0) is 4.79 Å². The minimum atomic E-state index is -1.01. The number of carboxylic acid groups (broad SMARTS) is 1. The van der Waals surface area contributed by atoms with Crippen LogP contribution in [0, 0.1) is 0 Å². The quantitative estimate of drug-likeness (QED) is 0.391. The largest absolute Gasteiger partial charge is 0.488 e. The second-order valence-corrected chi connectivity index (χ2v) is 6.79. The van der Waals surface area contributed by atoms with Crippen molar-refractivity contribution >= 4 is 34.5 Å². The maximum Gasteiger partial charge on any atom is 0.335 e. The van der Waals surface area contributed by atoms with Crippen LogP contribution in [0.5, 0.6) is 5.75 Å². The topological polar surface area (TPSA) is 104 Å². The summed E-state index contributed by atoms with van der Waals surface area (Å²) in [6.45, 7) is 0.0225. The Kier molecular flexibility index (Phi) is 5.75. The Balaban J connectivity index is 1.61. The lowest BCUT2D eigenvalue weighted by Crippen LogP contribution is -2.19. The Morgan fingerprint density at radius 1 is 1.00 bits per heavy atom. The number of amides is 1. The van der Waals surface area contributed by atoms with Crippen LogP contribution in [0.15, 0.2) is 84.6 Å². The number of aromatic amines is 1. The van der Waals surface area contributed by atoms with Gasteiger partial charge in [-0.2, -0.15) is 5.10 Å². The number of rotatable bonds is 7. The number of carboxylic acids is 1. The molecule has 0 atom stereocenters. The molecule has 0 saturated carbocycles. The van der Waals surface area contributed by atoms with E-state index in [0.29, 0.717) is 22.7 Å². The van der Waals surface area contributed by atoms with Crippen LogP contribution in [0.4, 0.5) is 5.82 Å². The first-order chi connectivity index (χ1) is 15.1. The molecule has 31 heavy (non-hydrogen) atoms. The van der Waals surface area contributed by atoms with Crippen LogP contribution >= 0.6 is 0 Å². The molecule has 0 unspecified atom stereocenters. The van der Waals surface area contributed by atoms with E-state index in [0.717, 1.165) is 10.8 Å². The lowest BCUT2D eigenvalue weighted by atomic mass is 10.1. The highest BCUT2D eigenvalue weighted by Gasteiger charge is 2.13. The molecule has 154 valence electrons. The number of nitrogens with zero attached hydrogens (tertiary/aromatic N) is 1. The molecule has 0 radical (unpaired) electrons. The average Bonchev–Trinajstić information content (AvgIpc) is 3.30. The number of hydrogen-bond acceptors (Lipinski definition) is 4. The average molecular weight is 413 g/mol. The summed E-state index contributed by atoms with van der Waals surface area (Å²) in [4.78, 5) is 24.0. The fourth-order valence-corrected chi connectivity index (χ4v) is 3.10. The summed E-state index contributed by atoms with van der Waals surface area (Å²) in [6, 6.07) is 21.5. The van der Waals surface area contributed by atoms with E-state index in [4.69, 9.17) is 9.84 Å². The Bertz CT molecular complexity index is 1240. The first-order valence-electron chi connectivity index (χ1n) is 9.55. The van der Waals surface area contributed by atoms with E-state index in [2.05, 4.69) is 15.5 Å². The summed E-state index contributed by atoms with van der Waals surface area (Å²) >= 11 is 0. The van der Waals surface area contributed by atoms with Gasteiger partial charge in [0.05, 0.1) is 17.3 Å². The van der Waals surface area contributed by atoms with Crippen molar-refractivity contribution in [1.82, 2.24) is 10.2 Å². The molecular formula is C24H19N3O4. The van der Waals surface area contributed by atoms with E-state index in [-0.39, 0.29) is 18.1 Å². The van der Waals surface area contributed by atoms with Gasteiger partial charge in [0.15, 0.2) is 0 Å². The molecule has 1 aromatic heterocycles. The Labute approximate surface area is 178 Å². The molecule has 4 rings (SSSR count). The summed E-state index contributed by atoms with van der Waals surface area (Å²) in [5.41, 5.74) is 1.22. The third kappa shape index (κ3) is 4.79. The predicted molar refractivity (Wildman–Crippen MR) is 118 cm³/mol. The molecule has 7 nitrogen and oxygen atoms in total. The number of benzene rings is 3. The highest BCUT2D eigenvalue weighted by Crippen LogP contribution is 2.26. The first-order valence-corrected chi connectivity index (χ1v) is 9.55. The van der Waals surface area contributed by atoms with Crippen molar-refractivity contribution in [3.8, 4) is 5.75 Å². The zero-order chi connectivity index (χ0) is 21.6. The van der Waals surface area contributed by atoms with Gasteiger partial charge in [-0.3, -0.25) is 9.89 Å². The number of hydrogen-bond donors (Lipinski definition) is 3. The van der Waals surface area contributed by atoms with Gasteiger partial charge in [0.1, 0.15) is 18.2 Å². The lowest BCUT2D eigenvalue weighted by Gasteiger charge is -2.12. The van der Waals surface area contributed by atoms with E-state index >= 15 is 0 Å². The lowest BCUT2D eigenvalue weighted by molar-refractivity contribution is -0.113. The molecule has 0 aliphatic carbocycles. The van der Waals surface area contributed by atoms with Gasteiger partial charge in [0.25, 0.3) is 5.91 Å². The van der Waals surface area contributed by atoms with Crippen molar-refractivity contribution in [3.05, 3.63) is 95.7 Å². The third-order valence-corrected chi connectivity index (χ3v) is 4.67. The number of carbonyl (C=O) groups excluding carboxylic acids is 1. The van der Waals surface area contributed by atoms with Crippen molar-refractivity contribution in [2.24, 2.45) is 0 Å². The zero-order valence-electron chi connectivity index (χ0n) is 16.4. The normalized spacial score (nSPS) is 11.3. The summed E-state index contributed by atoms with van der Waals surface area (Å²) in [5, 5.41) is 20.3. The molecule has 0 fully saturated rings. The number of anilines is 1. The monoisotopic (exact) mass is 413 g/mol. The highest BCUT2D eigenvalue weighted by molar-refractivity contribution is 6.06. The number of nitrogens with one attached hydrogen (secondary N) is 2. The molecule has 3 N–H and O–H groups in total. The molecule has 0 saturated heterocycles. The molecule has 0 aliphatic heterocycles. The predicted octanol–water partition coefficient (Wildman–Crippen LogP) is 4.36. The molecule has 0 bridgehead atoms. The van der Waals surface area contributed by atoms with Gasteiger partial charge in [0.2, 0.25) is 0 Å². The van der Waals surface area contributed by atoms with Gasteiger partial charge in [-0.05, 0) is 35.2 Å². The van der Waals surface area contributed by atoms with Crippen LogP contribution in [0.2, 0.25) is 0 Å². The standard InChI is InChI=1S/C24H19N3O4/c28-23(26-22-12-13-25-27-22)19(14-16-8-10-18(11-9-16)24(29)30)15-31-21-7-3-5-17-4-1-2-6-20(17)21/h1-14H,15H2,(H,29,30)(H2,25,26,27,28). The molecule has 0 aliphatic rings. The van der Waals surface area contributed by atoms with E-state index < -0.39 is 5.97 Å². The number of ether oxygens (including phenoxy) is 1. The molecule has 1 heterocycles. The van der Waals surface area contributed by atoms with Crippen molar-refractivity contribution in [1.29, 1.82) is 0 Å². The molecule has 3 aromatic carbocycles. The Morgan fingerprint density at radius 2 is 1.77 bits per heavy atom. The van der Waals surface area contributed by atoms with Crippen LogP contribution < -0.4 is 10.1 Å². The number of fused-ring (bicyclic) bond motifs is 1. The first kappa shape index (κ1) is 19.9. The van der Waals surface area contributed by atoms with Crippen molar-refractivity contribution < 1.29 is 19.4 Å². The smallest absolute Gasteiger partial charge is 0.335 e. The summed E-state index contributed by atoms with van der Waals surface area (Å²) < 4.78 is 6.01. The van der Waals surface area contributed by atoms with E-state index in [9.17, 15) is 9.59 Å². The fraction of sp³-hybridized carbons (Fsp3) is 0.0417. The number of aromatic carboxylic acids is 1. The number of H-pyrrole nitrogens is 1. The second kappa shape index (κ2) is 8.96. The van der Waals surface area contributed by atoms with Crippen molar-refractivity contribution in [2.45, 2.75) is 0 Å². The molecular weight excluding hydrogens is 394 g/mol. The van der Waals surface area contributed by atoms with E-state index in [1.54, 1.807) is 24.3 Å². The van der Waals surface area contributed by atoms with E-state index in [1.165, 1.54) is 18.3 Å². The second-order valence-electron chi connectivity index (χ2n) is 6.79. The molecule has 4 aromatic rings. The molecule has 0 spiro atoms. The van der Waals surface area contributed by atoms with Crippen molar-refractivity contribution in [3.63, 3.8) is 0 Å². The van der Waals surface area contributed by atoms with Crippen LogP contribution in [0.1, 0.15) is 15.9 Å². The third-order valence-electron chi connectivity index (χ3n) is 4.67. The van der Waals surface area contributed by atoms with Crippen LogP contribution in [0.25, 0.3) is 16.8 Å². The minimum absolute atomic E-state index is 0.0225. The zero-order valence-corrected chi connectivity index (χ0v) is 16.4. The van der Waals surface area contributed by atoms with Gasteiger partial charge < -0.3 is 15.2 Å². The number of aromatic nitrogens is 2. The molecule has 1 amide bonds. The van der Waals surface area contributed by atoms with Gasteiger partial charge in [-0.15, -0.1) is 0 Å². The van der Waals surface area contributed by atoms with E-state index in [1.807, 2.05) is 42.5 Å². The summed E-state index contributed by atoms with van der Waals surface area (Å²) in [6.07, 6.45) is 3.21. The van der Waals surface area contributed by atoms with Gasteiger partial charge in [-0.25, -0.2) is 4.79 Å². The summed E-state index contributed by atoms with van der Waals surface area (Å²) in [7, 11) is 0. The maximum atomic E-state index is 12.9. The van der Waals surface area contributed by atoms with Crippen molar-refractivity contribution in [2.75, 3.05) is 11.9 Å². The maximum absolute atomic E-state index is 12.9. The highest BCUT2D eigenvalue weighted by atomic mass is 16.5. The van der Waals surface area contributed by atoms with Crippen LogP contribution in [-0.4, -0.2) is 33.8 Å². The van der Waals surface area contributed by atoms with Gasteiger partial charge in [0, 0.05) is 11.5 Å². The van der Waals surface area contributed by atoms with Gasteiger partial charge in [-0.1, -0.05) is 48.5 Å². The number of carbonyl (C=O) groups is 2.